The summed E-state index contributed by atoms with van der Waals surface area (Å²) < 4.78 is 5.00. The van der Waals surface area contributed by atoms with Crippen LogP contribution in [-0.2, 0) is 9.53 Å². The van der Waals surface area contributed by atoms with Gasteiger partial charge in [-0.1, -0.05) is 11.6 Å². The maximum absolute atomic E-state index is 12.2. The molecule has 0 amide bonds. The maximum atomic E-state index is 12.2. The molecule has 0 saturated carbocycles. The molecule has 1 fully saturated rings. The predicted molar refractivity (Wildman–Crippen MR) is 74.6 cm³/mol. The molecule has 2 heterocycles. The van der Waals surface area contributed by atoms with Crippen LogP contribution in [0.3, 0.4) is 0 Å². The molecule has 5 heteroatoms. The first kappa shape index (κ1) is 12.8. The van der Waals surface area contributed by atoms with Crippen molar-refractivity contribution in [1.29, 1.82) is 0 Å². The van der Waals surface area contributed by atoms with Crippen LogP contribution in [0, 0.1) is 5.92 Å². The minimum Gasteiger partial charge on any atom is -0.469 e. The summed E-state index contributed by atoms with van der Waals surface area (Å²) >= 11 is 6.07. The average molecular weight is 281 g/mol. The summed E-state index contributed by atoms with van der Waals surface area (Å²) in [4.78, 5) is 12.2. The average Bonchev–Trinajstić information content (AvgIpc) is 2.44. The summed E-state index contributed by atoms with van der Waals surface area (Å²) in [5.41, 5.74) is 1.95. The van der Waals surface area contributed by atoms with Gasteiger partial charge in [0.05, 0.1) is 13.0 Å². The van der Waals surface area contributed by atoms with E-state index in [2.05, 4.69) is 10.6 Å². The molecule has 4 nitrogen and oxygen atoms in total. The summed E-state index contributed by atoms with van der Waals surface area (Å²) in [5.74, 6) is -0.200. The van der Waals surface area contributed by atoms with Gasteiger partial charge in [-0.05, 0) is 36.7 Å². The van der Waals surface area contributed by atoms with Gasteiger partial charge in [0.1, 0.15) is 0 Å². The standard InChI is InChI=1S/C14H17ClN2O2/c1-19-14(18)13-9-6-8(15)2-3-11(9)17-12-4-5-16-7-10(12)13/h2-3,6,10,12-13,16-17H,4-5,7H2,1H3. The lowest BCUT2D eigenvalue weighted by molar-refractivity contribution is -0.144. The highest BCUT2D eigenvalue weighted by Gasteiger charge is 2.42. The van der Waals surface area contributed by atoms with Crippen LogP contribution in [0.1, 0.15) is 17.9 Å². The van der Waals surface area contributed by atoms with Crippen LogP contribution in [0.25, 0.3) is 0 Å². The van der Waals surface area contributed by atoms with Crippen molar-refractivity contribution in [2.45, 2.75) is 18.4 Å². The number of carbonyl (C=O) groups excluding carboxylic acids is 1. The maximum Gasteiger partial charge on any atom is 0.313 e. The van der Waals surface area contributed by atoms with E-state index in [9.17, 15) is 4.79 Å². The number of piperidine rings is 1. The van der Waals surface area contributed by atoms with Crippen molar-refractivity contribution in [2.24, 2.45) is 5.92 Å². The highest BCUT2D eigenvalue weighted by Crippen LogP contribution is 2.41. The fourth-order valence-electron chi connectivity index (χ4n) is 3.19. The number of nitrogens with one attached hydrogen (secondary N) is 2. The quantitative estimate of drug-likeness (QED) is 0.773. The molecule has 0 radical (unpaired) electrons. The van der Waals surface area contributed by atoms with E-state index < -0.39 is 0 Å². The van der Waals surface area contributed by atoms with E-state index >= 15 is 0 Å². The lowest BCUT2D eigenvalue weighted by atomic mass is 9.75. The van der Waals surface area contributed by atoms with Crippen LogP contribution in [0.15, 0.2) is 18.2 Å². The number of esters is 1. The van der Waals surface area contributed by atoms with E-state index in [1.165, 1.54) is 7.11 Å². The number of halogens is 1. The molecule has 102 valence electrons. The number of benzene rings is 1. The number of ether oxygens (including phenoxy) is 1. The Morgan fingerprint density at radius 3 is 3.11 bits per heavy atom. The van der Waals surface area contributed by atoms with Crippen LogP contribution in [0.4, 0.5) is 5.69 Å². The highest BCUT2D eigenvalue weighted by atomic mass is 35.5. The Labute approximate surface area is 117 Å². The zero-order chi connectivity index (χ0) is 13.4. The fraction of sp³-hybridized carbons (Fsp3) is 0.500. The number of carbonyl (C=O) groups is 1. The molecule has 0 spiro atoms. The van der Waals surface area contributed by atoms with Crippen molar-refractivity contribution in [3.63, 3.8) is 0 Å². The van der Waals surface area contributed by atoms with Crippen LogP contribution in [0.5, 0.6) is 0 Å². The van der Waals surface area contributed by atoms with Gasteiger partial charge in [0.2, 0.25) is 0 Å². The van der Waals surface area contributed by atoms with Gasteiger partial charge in [-0.25, -0.2) is 0 Å². The van der Waals surface area contributed by atoms with Gasteiger partial charge in [0.25, 0.3) is 0 Å². The lowest BCUT2D eigenvalue weighted by Crippen LogP contribution is -2.50. The Kier molecular flexibility index (Phi) is 3.37. The van der Waals surface area contributed by atoms with Gasteiger partial charge >= 0.3 is 5.97 Å². The summed E-state index contributed by atoms with van der Waals surface area (Å²) in [6.07, 6.45) is 1.01. The van der Waals surface area contributed by atoms with Crippen molar-refractivity contribution in [1.82, 2.24) is 5.32 Å². The first-order valence-electron chi connectivity index (χ1n) is 6.55. The number of rotatable bonds is 1. The van der Waals surface area contributed by atoms with Crippen molar-refractivity contribution >= 4 is 23.3 Å². The first-order valence-corrected chi connectivity index (χ1v) is 6.93. The van der Waals surface area contributed by atoms with Crippen molar-refractivity contribution in [3.05, 3.63) is 28.8 Å². The topological polar surface area (TPSA) is 50.4 Å². The summed E-state index contributed by atoms with van der Waals surface area (Å²) in [7, 11) is 1.44. The first-order chi connectivity index (χ1) is 9.20. The molecule has 2 aliphatic heterocycles. The molecule has 1 saturated heterocycles. The molecule has 0 aliphatic carbocycles. The van der Waals surface area contributed by atoms with E-state index in [1.807, 2.05) is 18.2 Å². The van der Waals surface area contributed by atoms with E-state index in [1.54, 1.807) is 0 Å². The molecule has 1 aromatic rings. The van der Waals surface area contributed by atoms with E-state index in [4.69, 9.17) is 16.3 Å². The third-order valence-electron chi connectivity index (χ3n) is 4.10. The second-order valence-corrected chi connectivity index (χ2v) is 5.58. The minimum atomic E-state index is -0.238. The summed E-state index contributed by atoms with van der Waals surface area (Å²) in [6, 6.07) is 5.99. The molecule has 2 aliphatic rings. The molecular weight excluding hydrogens is 264 g/mol. The van der Waals surface area contributed by atoms with E-state index in [-0.39, 0.29) is 17.8 Å². The zero-order valence-corrected chi connectivity index (χ0v) is 11.5. The summed E-state index contributed by atoms with van der Waals surface area (Å²) in [6.45, 7) is 1.80. The third-order valence-corrected chi connectivity index (χ3v) is 4.34. The van der Waals surface area contributed by atoms with E-state index in [0.29, 0.717) is 11.1 Å². The molecular formula is C14H17ClN2O2. The predicted octanol–water partition coefficient (Wildman–Crippen LogP) is 2.00. The Morgan fingerprint density at radius 2 is 2.32 bits per heavy atom. The Bertz CT molecular complexity index is 506. The third kappa shape index (κ3) is 2.19. The zero-order valence-electron chi connectivity index (χ0n) is 10.8. The molecule has 3 rings (SSSR count). The Hall–Kier alpha value is -1.26. The van der Waals surface area contributed by atoms with Crippen molar-refractivity contribution < 1.29 is 9.53 Å². The summed E-state index contributed by atoms with van der Waals surface area (Å²) in [5, 5.41) is 7.54. The smallest absolute Gasteiger partial charge is 0.313 e. The normalized spacial score (nSPS) is 28.8. The monoisotopic (exact) mass is 280 g/mol. The number of anilines is 1. The molecule has 1 aromatic carbocycles. The van der Waals surface area contributed by atoms with Gasteiger partial charge in [0, 0.05) is 29.2 Å². The van der Waals surface area contributed by atoms with Crippen molar-refractivity contribution in [3.8, 4) is 0 Å². The van der Waals surface area contributed by atoms with Crippen LogP contribution < -0.4 is 10.6 Å². The minimum absolute atomic E-state index is 0.177. The SMILES string of the molecule is COC(=O)C1c2cc(Cl)ccc2NC2CCNCC21. The van der Waals surface area contributed by atoms with Gasteiger partial charge in [-0.3, -0.25) is 4.79 Å². The fourth-order valence-corrected chi connectivity index (χ4v) is 3.37. The van der Waals surface area contributed by atoms with Gasteiger partial charge in [-0.15, -0.1) is 0 Å². The molecule has 0 aromatic heterocycles. The molecule has 2 N–H and O–H groups in total. The molecule has 0 bridgehead atoms. The highest BCUT2D eigenvalue weighted by molar-refractivity contribution is 6.30. The van der Waals surface area contributed by atoms with Gasteiger partial charge in [-0.2, -0.15) is 0 Å². The second kappa shape index (κ2) is 5.02. The number of fused-ring (bicyclic) bond motifs is 2. The Morgan fingerprint density at radius 1 is 1.47 bits per heavy atom. The number of hydrogen-bond donors (Lipinski definition) is 2. The Balaban J connectivity index is 2.06. The number of hydrogen-bond acceptors (Lipinski definition) is 4. The van der Waals surface area contributed by atoms with Gasteiger partial charge < -0.3 is 15.4 Å². The largest absolute Gasteiger partial charge is 0.469 e. The van der Waals surface area contributed by atoms with Crippen LogP contribution in [0.2, 0.25) is 5.02 Å². The lowest BCUT2D eigenvalue weighted by Gasteiger charge is -2.42. The number of methoxy groups -OCH3 is 1. The van der Waals surface area contributed by atoms with Crippen LogP contribution in [-0.4, -0.2) is 32.2 Å². The molecule has 3 atom stereocenters. The molecule has 19 heavy (non-hydrogen) atoms. The van der Waals surface area contributed by atoms with E-state index in [0.717, 1.165) is 30.8 Å². The second-order valence-electron chi connectivity index (χ2n) is 5.14. The molecule has 3 unspecified atom stereocenters. The van der Waals surface area contributed by atoms with Crippen molar-refractivity contribution in [2.75, 3.05) is 25.5 Å². The van der Waals surface area contributed by atoms with Gasteiger partial charge in [0.15, 0.2) is 0 Å². The van der Waals surface area contributed by atoms with Crippen LogP contribution >= 0.6 is 11.6 Å².